The van der Waals surface area contributed by atoms with Gasteiger partial charge in [0.25, 0.3) is 6.47 Å². The molecule has 0 saturated carbocycles. The molecule has 0 amide bonds. The largest absolute Gasteiger partial charge is 0.459 e. The molecule has 0 aliphatic carbocycles. The number of benzene rings is 1. The van der Waals surface area contributed by atoms with E-state index in [9.17, 15) is 4.79 Å². The molecule has 1 saturated heterocycles. The fourth-order valence-corrected chi connectivity index (χ4v) is 2.18. The predicted octanol–water partition coefficient (Wildman–Crippen LogP) is 2.21. The van der Waals surface area contributed by atoms with Gasteiger partial charge in [-0.05, 0) is 19.1 Å². The van der Waals surface area contributed by atoms with Crippen molar-refractivity contribution in [1.82, 2.24) is 0 Å². The van der Waals surface area contributed by atoms with E-state index < -0.39 is 11.9 Å². The Morgan fingerprint density at radius 1 is 1.35 bits per heavy atom. The van der Waals surface area contributed by atoms with Crippen molar-refractivity contribution in [2.45, 2.75) is 18.8 Å². The Morgan fingerprint density at radius 2 is 1.94 bits per heavy atom. The monoisotopic (exact) mass is 300 g/mol. The summed E-state index contributed by atoms with van der Waals surface area (Å²) in [5.74, 6) is -0.985. The van der Waals surface area contributed by atoms with E-state index >= 15 is 0 Å². The normalized spacial score (nSPS) is 19.9. The number of ether oxygens (including phenoxy) is 3. The molecule has 0 spiro atoms. The van der Waals surface area contributed by atoms with Gasteiger partial charge in [0.2, 0.25) is 5.79 Å². The van der Waals surface area contributed by atoms with Crippen LogP contribution in [0.5, 0.6) is 0 Å². The van der Waals surface area contributed by atoms with Gasteiger partial charge in [-0.25, -0.2) is 0 Å². The van der Waals surface area contributed by atoms with Gasteiger partial charge in [-0.1, -0.05) is 28.1 Å². The van der Waals surface area contributed by atoms with Gasteiger partial charge in [0.15, 0.2) is 6.10 Å². The summed E-state index contributed by atoms with van der Waals surface area (Å²) < 4.78 is 17.3. The lowest BCUT2D eigenvalue weighted by Gasteiger charge is -2.32. The Balaban J connectivity index is 2.33. The molecule has 1 aromatic carbocycles. The van der Waals surface area contributed by atoms with E-state index in [4.69, 9.17) is 14.2 Å². The van der Waals surface area contributed by atoms with Crippen LogP contribution in [0.2, 0.25) is 0 Å². The molecular formula is C12H13BrO4. The highest BCUT2D eigenvalue weighted by Crippen LogP contribution is 2.36. The molecule has 92 valence electrons. The highest BCUT2D eigenvalue weighted by atomic mass is 79.9. The van der Waals surface area contributed by atoms with Gasteiger partial charge in [-0.3, -0.25) is 4.79 Å². The molecular weight excluding hydrogens is 288 g/mol. The lowest BCUT2D eigenvalue weighted by molar-refractivity contribution is -0.230. The first-order valence-corrected chi connectivity index (χ1v) is 6.11. The number of hydrogen-bond donors (Lipinski definition) is 0. The average molecular weight is 301 g/mol. The minimum Gasteiger partial charge on any atom is -0.459 e. The molecule has 0 N–H and O–H groups in total. The van der Waals surface area contributed by atoms with Crippen molar-refractivity contribution in [3.05, 3.63) is 34.3 Å². The Labute approximate surface area is 108 Å². The van der Waals surface area contributed by atoms with Gasteiger partial charge in [-0.15, -0.1) is 0 Å². The molecule has 1 unspecified atom stereocenters. The maximum atomic E-state index is 10.5. The highest BCUT2D eigenvalue weighted by Gasteiger charge is 2.45. The molecule has 1 fully saturated rings. The van der Waals surface area contributed by atoms with Crippen LogP contribution in [0.25, 0.3) is 0 Å². The summed E-state index contributed by atoms with van der Waals surface area (Å²) >= 11 is 3.37. The first kappa shape index (κ1) is 12.5. The van der Waals surface area contributed by atoms with Gasteiger partial charge in [-0.2, -0.15) is 0 Å². The second-order valence-corrected chi connectivity index (χ2v) is 4.66. The Hall–Kier alpha value is -0.910. The van der Waals surface area contributed by atoms with Gasteiger partial charge >= 0.3 is 0 Å². The van der Waals surface area contributed by atoms with Crippen molar-refractivity contribution in [2.24, 2.45) is 0 Å². The van der Waals surface area contributed by atoms with Gasteiger partial charge < -0.3 is 14.2 Å². The molecule has 0 bridgehead atoms. The van der Waals surface area contributed by atoms with Crippen molar-refractivity contribution < 1.29 is 19.0 Å². The van der Waals surface area contributed by atoms with Gasteiger partial charge in [0.1, 0.15) is 0 Å². The Kier molecular flexibility index (Phi) is 3.81. The van der Waals surface area contributed by atoms with Crippen LogP contribution >= 0.6 is 15.9 Å². The van der Waals surface area contributed by atoms with E-state index in [1.807, 2.05) is 24.3 Å². The van der Waals surface area contributed by atoms with E-state index in [0.717, 1.165) is 10.0 Å². The van der Waals surface area contributed by atoms with E-state index in [2.05, 4.69) is 15.9 Å². The lowest BCUT2D eigenvalue weighted by Crippen LogP contribution is -2.40. The standard InChI is InChI=1S/C12H13BrO4/c1-9(15-8-14)12(16-6-7-17-12)10-2-4-11(13)5-3-10/h2-5,8-9H,6-7H2,1H3. The second kappa shape index (κ2) is 5.16. The van der Waals surface area contributed by atoms with Crippen LogP contribution in [0.15, 0.2) is 28.7 Å². The zero-order chi connectivity index (χ0) is 12.3. The highest BCUT2D eigenvalue weighted by molar-refractivity contribution is 9.10. The number of carbonyl (C=O) groups is 1. The third-order valence-electron chi connectivity index (χ3n) is 2.76. The fourth-order valence-electron chi connectivity index (χ4n) is 1.92. The van der Waals surface area contributed by atoms with Crippen molar-refractivity contribution in [1.29, 1.82) is 0 Å². The summed E-state index contributed by atoms with van der Waals surface area (Å²) in [6.45, 7) is 3.14. The average Bonchev–Trinajstić information content (AvgIpc) is 2.81. The molecule has 1 heterocycles. The maximum absolute atomic E-state index is 10.5. The summed E-state index contributed by atoms with van der Waals surface area (Å²) in [6.07, 6.45) is -0.497. The SMILES string of the molecule is CC(OC=O)C1(c2ccc(Br)cc2)OCCO1. The fraction of sp³-hybridized carbons (Fsp3) is 0.417. The summed E-state index contributed by atoms with van der Waals surface area (Å²) in [5, 5.41) is 0. The van der Waals surface area contributed by atoms with Crippen LogP contribution in [0.3, 0.4) is 0 Å². The maximum Gasteiger partial charge on any atom is 0.293 e. The molecule has 2 rings (SSSR count). The number of rotatable bonds is 4. The Bertz CT molecular complexity index is 384. The van der Waals surface area contributed by atoms with E-state index in [-0.39, 0.29) is 0 Å². The van der Waals surface area contributed by atoms with Crippen LogP contribution in [-0.4, -0.2) is 25.8 Å². The summed E-state index contributed by atoms with van der Waals surface area (Å²) in [4.78, 5) is 10.5. The summed E-state index contributed by atoms with van der Waals surface area (Å²) in [7, 11) is 0. The van der Waals surface area contributed by atoms with E-state index in [1.54, 1.807) is 6.92 Å². The predicted molar refractivity (Wildman–Crippen MR) is 64.3 cm³/mol. The first-order chi connectivity index (χ1) is 8.19. The third kappa shape index (κ3) is 2.36. The lowest BCUT2D eigenvalue weighted by atomic mass is 10.0. The smallest absolute Gasteiger partial charge is 0.293 e. The van der Waals surface area contributed by atoms with Crippen LogP contribution < -0.4 is 0 Å². The molecule has 1 aliphatic heterocycles. The van der Waals surface area contributed by atoms with Crippen molar-refractivity contribution in [3.63, 3.8) is 0 Å². The quantitative estimate of drug-likeness (QED) is 0.800. The van der Waals surface area contributed by atoms with Crippen molar-refractivity contribution in [2.75, 3.05) is 13.2 Å². The van der Waals surface area contributed by atoms with Crippen LogP contribution in [-0.2, 0) is 24.8 Å². The van der Waals surface area contributed by atoms with Crippen molar-refractivity contribution in [3.8, 4) is 0 Å². The van der Waals surface area contributed by atoms with Gasteiger partial charge in [0, 0.05) is 10.0 Å². The number of carbonyl (C=O) groups excluding carboxylic acids is 1. The second-order valence-electron chi connectivity index (χ2n) is 3.75. The minimum absolute atomic E-state index is 0.413. The van der Waals surface area contributed by atoms with Gasteiger partial charge in [0.05, 0.1) is 13.2 Å². The van der Waals surface area contributed by atoms with E-state index in [1.165, 1.54) is 0 Å². The Morgan fingerprint density at radius 3 is 2.47 bits per heavy atom. The van der Waals surface area contributed by atoms with Crippen LogP contribution in [0, 0.1) is 0 Å². The van der Waals surface area contributed by atoms with E-state index in [0.29, 0.717) is 19.7 Å². The van der Waals surface area contributed by atoms with Crippen molar-refractivity contribution >= 4 is 22.4 Å². The summed E-state index contributed by atoms with van der Waals surface area (Å²) in [6, 6.07) is 7.58. The molecule has 5 heteroatoms. The number of hydrogen-bond acceptors (Lipinski definition) is 4. The molecule has 17 heavy (non-hydrogen) atoms. The first-order valence-electron chi connectivity index (χ1n) is 5.32. The topological polar surface area (TPSA) is 44.8 Å². The molecule has 1 atom stereocenters. The molecule has 1 aromatic rings. The van der Waals surface area contributed by atoms with Crippen LogP contribution in [0.1, 0.15) is 12.5 Å². The number of halogens is 1. The molecule has 1 aliphatic rings. The zero-order valence-electron chi connectivity index (χ0n) is 9.39. The zero-order valence-corrected chi connectivity index (χ0v) is 11.0. The molecule has 0 aromatic heterocycles. The third-order valence-corrected chi connectivity index (χ3v) is 3.29. The molecule has 0 radical (unpaired) electrons. The summed E-state index contributed by atoms with van der Waals surface area (Å²) in [5.41, 5.74) is 0.840. The molecule has 4 nitrogen and oxygen atoms in total. The van der Waals surface area contributed by atoms with Crippen LogP contribution in [0.4, 0.5) is 0 Å². The minimum atomic E-state index is -0.985.